The van der Waals surface area contributed by atoms with Crippen molar-refractivity contribution in [2.45, 2.75) is 20.4 Å². The lowest BCUT2D eigenvalue weighted by Gasteiger charge is -2.36. The Balaban J connectivity index is 1.46. The van der Waals surface area contributed by atoms with Gasteiger partial charge in [0.2, 0.25) is 5.91 Å². The smallest absolute Gasteiger partial charge is 0.234 e. The third-order valence-corrected chi connectivity index (χ3v) is 5.07. The van der Waals surface area contributed by atoms with Crippen LogP contribution in [0.4, 0.5) is 5.69 Å². The zero-order valence-electron chi connectivity index (χ0n) is 16.5. The standard InChI is InChI=1S/C22H29N3O2/c1-17-7-8-18(2)21(13-17)25-11-9-24(10-12-25)16-22(26)23-15-19-5-4-6-20(14-19)27-3/h4-8,13-14H,9-12,15-16H2,1-3H3,(H,23,26). The second kappa shape index (κ2) is 8.91. The van der Waals surface area contributed by atoms with Crippen LogP contribution in [-0.2, 0) is 11.3 Å². The van der Waals surface area contributed by atoms with Crippen molar-refractivity contribution in [3.63, 3.8) is 0 Å². The second-order valence-corrected chi connectivity index (χ2v) is 7.18. The van der Waals surface area contributed by atoms with Crippen molar-refractivity contribution in [3.8, 4) is 5.75 Å². The highest BCUT2D eigenvalue weighted by Crippen LogP contribution is 2.22. The number of amides is 1. The van der Waals surface area contributed by atoms with Crippen molar-refractivity contribution in [3.05, 3.63) is 59.2 Å². The van der Waals surface area contributed by atoms with Crippen LogP contribution in [0.2, 0.25) is 0 Å². The summed E-state index contributed by atoms with van der Waals surface area (Å²) in [5.41, 5.74) is 4.96. The molecule has 0 atom stereocenters. The fraction of sp³-hybridized carbons (Fsp3) is 0.409. The topological polar surface area (TPSA) is 44.8 Å². The van der Waals surface area contributed by atoms with Crippen molar-refractivity contribution < 1.29 is 9.53 Å². The van der Waals surface area contributed by atoms with Crippen LogP contribution >= 0.6 is 0 Å². The molecule has 5 nitrogen and oxygen atoms in total. The Morgan fingerprint density at radius 3 is 2.59 bits per heavy atom. The van der Waals surface area contributed by atoms with E-state index >= 15 is 0 Å². The Bertz CT molecular complexity index is 783. The summed E-state index contributed by atoms with van der Waals surface area (Å²) in [6.45, 7) is 8.98. The van der Waals surface area contributed by atoms with Gasteiger partial charge in [0.05, 0.1) is 13.7 Å². The lowest BCUT2D eigenvalue weighted by Crippen LogP contribution is -2.49. The summed E-state index contributed by atoms with van der Waals surface area (Å²) in [5.74, 6) is 0.877. The van der Waals surface area contributed by atoms with Crippen molar-refractivity contribution in [2.24, 2.45) is 0 Å². The van der Waals surface area contributed by atoms with E-state index in [9.17, 15) is 4.79 Å². The summed E-state index contributed by atoms with van der Waals surface area (Å²) in [5, 5.41) is 3.01. The van der Waals surface area contributed by atoms with Gasteiger partial charge in [-0.15, -0.1) is 0 Å². The maximum atomic E-state index is 12.3. The third-order valence-electron chi connectivity index (χ3n) is 5.07. The Morgan fingerprint density at radius 1 is 1.07 bits per heavy atom. The van der Waals surface area contributed by atoms with Gasteiger partial charge in [-0.1, -0.05) is 24.3 Å². The molecule has 0 radical (unpaired) electrons. The van der Waals surface area contributed by atoms with E-state index in [1.165, 1.54) is 16.8 Å². The molecular weight excluding hydrogens is 338 g/mol. The quantitative estimate of drug-likeness (QED) is 0.853. The predicted octanol–water partition coefficient (Wildman–Crippen LogP) is 2.75. The van der Waals surface area contributed by atoms with E-state index < -0.39 is 0 Å². The molecule has 1 N–H and O–H groups in total. The normalized spacial score (nSPS) is 14.9. The van der Waals surface area contributed by atoms with Crippen molar-refractivity contribution >= 4 is 11.6 Å². The van der Waals surface area contributed by atoms with E-state index in [4.69, 9.17) is 4.74 Å². The van der Waals surface area contributed by atoms with Crippen LogP contribution in [0.25, 0.3) is 0 Å². The van der Waals surface area contributed by atoms with Crippen LogP contribution in [0, 0.1) is 13.8 Å². The highest BCUT2D eigenvalue weighted by molar-refractivity contribution is 5.78. The lowest BCUT2D eigenvalue weighted by molar-refractivity contribution is -0.122. The van der Waals surface area contributed by atoms with Gasteiger partial charge in [0.1, 0.15) is 5.75 Å². The average Bonchev–Trinajstić information content (AvgIpc) is 2.69. The molecule has 2 aromatic rings. The number of rotatable bonds is 6. The van der Waals surface area contributed by atoms with Gasteiger partial charge in [-0.25, -0.2) is 0 Å². The third kappa shape index (κ3) is 5.23. The number of hydrogen-bond acceptors (Lipinski definition) is 4. The number of hydrogen-bond donors (Lipinski definition) is 1. The maximum Gasteiger partial charge on any atom is 0.234 e. The Hall–Kier alpha value is -2.53. The number of benzene rings is 2. The molecule has 27 heavy (non-hydrogen) atoms. The van der Waals surface area contributed by atoms with Gasteiger partial charge in [-0.2, -0.15) is 0 Å². The number of aryl methyl sites for hydroxylation is 2. The van der Waals surface area contributed by atoms with Gasteiger partial charge in [0.25, 0.3) is 0 Å². The molecule has 1 saturated heterocycles. The number of piperazine rings is 1. The van der Waals surface area contributed by atoms with E-state index in [2.05, 4.69) is 47.2 Å². The molecule has 0 saturated carbocycles. The Labute approximate surface area is 161 Å². The van der Waals surface area contributed by atoms with Gasteiger partial charge < -0.3 is 15.0 Å². The van der Waals surface area contributed by atoms with Gasteiger partial charge in [0, 0.05) is 38.4 Å². The number of ether oxygens (including phenoxy) is 1. The molecular formula is C22H29N3O2. The predicted molar refractivity (Wildman–Crippen MR) is 109 cm³/mol. The Morgan fingerprint density at radius 2 is 1.85 bits per heavy atom. The fourth-order valence-electron chi connectivity index (χ4n) is 3.45. The first-order valence-electron chi connectivity index (χ1n) is 9.49. The van der Waals surface area contributed by atoms with Gasteiger partial charge in [-0.05, 0) is 48.7 Å². The molecule has 0 bridgehead atoms. The zero-order chi connectivity index (χ0) is 19.2. The lowest BCUT2D eigenvalue weighted by atomic mass is 10.1. The minimum atomic E-state index is 0.0676. The summed E-state index contributed by atoms with van der Waals surface area (Å²) in [7, 11) is 1.65. The molecule has 1 amide bonds. The first kappa shape index (κ1) is 19.2. The summed E-state index contributed by atoms with van der Waals surface area (Å²) in [4.78, 5) is 16.9. The van der Waals surface area contributed by atoms with Crippen LogP contribution in [0.15, 0.2) is 42.5 Å². The van der Waals surface area contributed by atoms with Gasteiger partial charge in [-0.3, -0.25) is 9.69 Å². The van der Waals surface area contributed by atoms with Crippen molar-refractivity contribution in [2.75, 3.05) is 44.7 Å². The number of anilines is 1. The molecule has 0 aliphatic carbocycles. The summed E-state index contributed by atoms with van der Waals surface area (Å²) in [6, 6.07) is 14.4. The van der Waals surface area contributed by atoms with Crippen molar-refractivity contribution in [1.82, 2.24) is 10.2 Å². The van der Waals surface area contributed by atoms with Crippen LogP contribution in [-0.4, -0.2) is 50.6 Å². The number of nitrogens with zero attached hydrogens (tertiary/aromatic N) is 2. The number of carbonyl (C=O) groups is 1. The molecule has 2 aromatic carbocycles. The molecule has 1 heterocycles. The van der Waals surface area contributed by atoms with E-state index in [0.29, 0.717) is 13.1 Å². The molecule has 1 fully saturated rings. The minimum Gasteiger partial charge on any atom is -0.497 e. The van der Waals surface area contributed by atoms with Gasteiger partial charge in [0.15, 0.2) is 0 Å². The largest absolute Gasteiger partial charge is 0.497 e. The zero-order valence-corrected chi connectivity index (χ0v) is 16.5. The van der Waals surface area contributed by atoms with Crippen molar-refractivity contribution in [1.29, 1.82) is 0 Å². The number of nitrogens with one attached hydrogen (secondary N) is 1. The summed E-state index contributed by atoms with van der Waals surface area (Å²) >= 11 is 0. The van der Waals surface area contributed by atoms with E-state index in [1.54, 1.807) is 7.11 Å². The molecule has 1 aliphatic heterocycles. The summed E-state index contributed by atoms with van der Waals surface area (Å²) in [6.07, 6.45) is 0. The average molecular weight is 367 g/mol. The molecule has 0 spiro atoms. The Kier molecular flexibility index (Phi) is 6.35. The molecule has 0 aromatic heterocycles. The first-order chi connectivity index (χ1) is 13.0. The second-order valence-electron chi connectivity index (χ2n) is 7.18. The molecule has 5 heteroatoms. The monoisotopic (exact) mass is 367 g/mol. The molecule has 144 valence electrons. The van der Waals surface area contributed by atoms with Crippen LogP contribution in [0.1, 0.15) is 16.7 Å². The highest BCUT2D eigenvalue weighted by Gasteiger charge is 2.20. The van der Waals surface area contributed by atoms with Crippen LogP contribution < -0.4 is 15.0 Å². The van der Waals surface area contributed by atoms with E-state index in [0.717, 1.165) is 37.5 Å². The number of methoxy groups -OCH3 is 1. The first-order valence-corrected chi connectivity index (χ1v) is 9.49. The number of carbonyl (C=O) groups excluding carboxylic acids is 1. The maximum absolute atomic E-state index is 12.3. The SMILES string of the molecule is COc1cccc(CNC(=O)CN2CCN(c3cc(C)ccc3C)CC2)c1. The molecule has 3 rings (SSSR count). The highest BCUT2D eigenvalue weighted by atomic mass is 16.5. The summed E-state index contributed by atoms with van der Waals surface area (Å²) < 4.78 is 5.22. The molecule has 1 aliphatic rings. The van der Waals surface area contributed by atoms with Crippen LogP contribution in [0.3, 0.4) is 0 Å². The van der Waals surface area contributed by atoms with E-state index in [1.807, 2.05) is 24.3 Å². The fourth-order valence-corrected chi connectivity index (χ4v) is 3.45. The van der Waals surface area contributed by atoms with Crippen LogP contribution in [0.5, 0.6) is 5.75 Å². The molecule has 0 unspecified atom stereocenters. The van der Waals surface area contributed by atoms with Gasteiger partial charge >= 0.3 is 0 Å². The minimum absolute atomic E-state index is 0.0676. The van der Waals surface area contributed by atoms with E-state index in [-0.39, 0.29) is 5.91 Å².